The largest absolute Gasteiger partial charge is 0.462 e. The Hall–Kier alpha value is -3.41. The third-order valence-electron chi connectivity index (χ3n) is 13.9. The molecule has 0 radical (unpaired) electrons. The van der Waals surface area contributed by atoms with Gasteiger partial charge in [0, 0.05) is 19.3 Å². The van der Waals surface area contributed by atoms with Crippen LogP contribution in [0.5, 0.6) is 0 Å². The van der Waals surface area contributed by atoms with Gasteiger partial charge in [-0.25, -0.2) is 0 Å². The first-order valence-electron chi connectivity index (χ1n) is 32.1. The molecule has 1 atom stereocenters. The maximum Gasteiger partial charge on any atom is 0.306 e. The Morgan fingerprint density at radius 1 is 0.280 bits per heavy atom. The van der Waals surface area contributed by atoms with Crippen molar-refractivity contribution in [1.29, 1.82) is 0 Å². The van der Waals surface area contributed by atoms with Crippen molar-refractivity contribution in [3.63, 3.8) is 0 Å². The molecule has 0 saturated heterocycles. The first-order chi connectivity index (χ1) is 37.0. The van der Waals surface area contributed by atoms with E-state index in [4.69, 9.17) is 14.2 Å². The van der Waals surface area contributed by atoms with Gasteiger partial charge in [-0.3, -0.25) is 14.4 Å². The van der Waals surface area contributed by atoms with Gasteiger partial charge in [0.2, 0.25) is 0 Å². The molecule has 0 heterocycles. The molecule has 6 heteroatoms. The van der Waals surface area contributed by atoms with Crippen LogP contribution in [0, 0.1) is 0 Å². The summed E-state index contributed by atoms with van der Waals surface area (Å²) in [4.78, 5) is 38.1. The van der Waals surface area contributed by atoms with Crippen LogP contribution in [0.25, 0.3) is 0 Å². The first-order valence-corrected chi connectivity index (χ1v) is 32.1. The molecule has 0 N–H and O–H groups in total. The van der Waals surface area contributed by atoms with Crippen LogP contribution in [0.15, 0.2) is 85.1 Å². The average molecular weight is 1050 g/mol. The Bertz CT molecular complexity index is 1430. The number of hydrogen-bond acceptors (Lipinski definition) is 6. The van der Waals surface area contributed by atoms with E-state index in [0.29, 0.717) is 19.3 Å². The van der Waals surface area contributed by atoms with Crippen molar-refractivity contribution in [2.45, 2.75) is 322 Å². The van der Waals surface area contributed by atoms with Crippen molar-refractivity contribution in [2.75, 3.05) is 13.2 Å². The Morgan fingerprint density at radius 2 is 0.520 bits per heavy atom. The van der Waals surface area contributed by atoms with Gasteiger partial charge in [-0.1, -0.05) is 286 Å². The highest BCUT2D eigenvalue weighted by atomic mass is 16.6. The van der Waals surface area contributed by atoms with E-state index in [1.54, 1.807) is 0 Å². The predicted molar refractivity (Wildman–Crippen MR) is 325 cm³/mol. The van der Waals surface area contributed by atoms with E-state index in [2.05, 4.69) is 106 Å². The van der Waals surface area contributed by atoms with E-state index >= 15 is 0 Å². The van der Waals surface area contributed by atoms with Crippen LogP contribution in [0.4, 0.5) is 0 Å². The quantitative estimate of drug-likeness (QED) is 0.0261. The van der Waals surface area contributed by atoms with Crippen LogP contribution in [0.2, 0.25) is 0 Å². The Kier molecular flexibility index (Phi) is 60.3. The maximum atomic E-state index is 12.8. The number of hydrogen-bond donors (Lipinski definition) is 0. The predicted octanol–water partition coefficient (Wildman–Crippen LogP) is 21.9. The summed E-state index contributed by atoms with van der Waals surface area (Å²) in [7, 11) is 0. The van der Waals surface area contributed by atoms with Crippen molar-refractivity contribution in [1.82, 2.24) is 0 Å². The monoisotopic (exact) mass is 1040 g/mol. The van der Waals surface area contributed by atoms with Crippen molar-refractivity contribution >= 4 is 17.9 Å². The summed E-state index contributed by atoms with van der Waals surface area (Å²) >= 11 is 0. The zero-order chi connectivity index (χ0) is 54.3. The van der Waals surface area contributed by atoms with Crippen LogP contribution in [0.1, 0.15) is 316 Å². The molecule has 0 fully saturated rings. The minimum Gasteiger partial charge on any atom is -0.462 e. The van der Waals surface area contributed by atoms with E-state index < -0.39 is 6.10 Å². The van der Waals surface area contributed by atoms with E-state index in [1.807, 2.05) is 0 Å². The van der Waals surface area contributed by atoms with Crippen LogP contribution in [-0.2, 0) is 28.6 Å². The number of allylic oxidation sites excluding steroid dienone is 14. The van der Waals surface area contributed by atoms with Crippen molar-refractivity contribution < 1.29 is 28.6 Å². The van der Waals surface area contributed by atoms with Crippen molar-refractivity contribution in [3.05, 3.63) is 85.1 Å². The summed E-state index contributed by atoms with van der Waals surface area (Å²) in [6.45, 7) is 6.48. The van der Waals surface area contributed by atoms with Gasteiger partial charge < -0.3 is 14.2 Å². The average Bonchev–Trinajstić information content (AvgIpc) is 3.41. The maximum absolute atomic E-state index is 12.8. The normalized spacial score (nSPS) is 12.6. The van der Waals surface area contributed by atoms with Gasteiger partial charge in [0.15, 0.2) is 6.10 Å². The van der Waals surface area contributed by atoms with E-state index in [-0.39, 0.29) is 31.1 Å². The summed E-state index contributed by atoms with van der Waals surface area (Å²) in [5.74, 6) is -0.897. The second-order valence-electron chi connectivity index (χ2n) is 21.3. The van der Waals surface area contributed by atoms with Crippen molar-refractivity contribution in [3.8, 4) is 0 Å². The summed E-state index contributed by atoms with van der Waals surface area (Å²) in [6.07, 6.45) is 83.4. The molecule has 0 aromatic carbocycles. The Morgan fingerprint density at radius 3 is 0.813 bits per heavy atom. The summed E-state index contributed by atoms with van der Waals surface area (Å²) < 4.78 is 16.8. The standard InChI is InChI=1S/C69H120O6/c1-4-7-10-13-16-18-20-22-24-26-28-30-31-32-33-34-35-36-37-39-40-42-44-46-48-50-53-56-59-62-68(71)74-65-66(64-73-67(70)61-58-55-52-15-12-9-6-3)75-69(72)63-60-57-54-51-49-47-45-43-41-38-29-27-25-23-21-19-17-14-11-8-5-2/h8,11,17,19-20,22-23,25-26,28-29,38,43,45,66H,4-7,9-10,12-16,18,21,24,27,30-37,39-42,44,46-65H2,1-3H3/b11-8-,19-17-,22-20-,25-23-,28-26-,38-29-,45-43-. The molecule has 6 nitrogen and oxygen atoms in total. The molecule has 0 spiro atoms. The molecule has 0 rings (SSSR count). The second kappa shape index (κ2) is 63.1. The number of esters is 3. The van der Waals surface area contributed by atoms with E-state index in [1.165, 1.54) is 161 Å². The molecular formula is C69H120O6. The fraction of sp³-hybridized carbons (Fsp3) is 0.754. The SMILES string of the molecule is CC/C=C\C/C=C\C/C=C\C/C=C\C/C=C\CCCCCCCC(=O)OC(COC(=O)CCCCCCCCC)COC(=O)CCCCCCCCCCCCCCCCCCC/C=C\C/C=C\CCCCCCC. The van der Waals surface area contributed by atoms with Crippen molar-refractivity contribution in [2.24, 2.45) is 0 Å². The van der Waals surface area contributed by atoms with E-state index in [9.17, 15) is 14.4 Å². The van der Waals surface area contributed by atoms with Gasteiger partial charge in [0.05, 0.1) is 0 Å². The molecule has 0 aliphatic rings. The molecule has 0 saturated carbocycles. The van der Waals surface area contributed by atoms with Gasteiger partial charge in [0.1, 0.15) is 13.2 Å². The van der Waals surface area contributed by atoms with Crippen LogP contribution in [-0.4, -0.2) is 37.2 Å². The highest BCUT2D eigenvalue weighted by Crippen LogP contribution is 2.17. The van der Waals surface area contributed by atoms with Crippen LogP contribution in [0.3, 0.4) is 0 Å². The molecule has 432 valence electrons. The minimum atomic E-state index is -0.784. The third kappa shape index (κ3) is 61.3. The molecule has 75 heavy (non-hydrogen) atoms. The number of rotatable bonds is 58. The molecular weight excluding hydrogens is 925 g/mol. The molecule has 0 aliphatic heterocycles. The highest BCUT2D eigenvalue weighted by molar-refractivity contribution is 5.71. The van der Waals surface area contributed by atoms with Gasteiger partial charge in [-0.15, -0.1) is 0 Å². The Balaban J connectivity index is 4.11. The summed E-state index contributed by atoms with van der Waals surface area (Å²) in [5.41, 5.74) is 0. The number of carbonyl (C=O) groups is 3. The van der Waals surface area contributed by atoms with Gasteiger partial charge >= 0.3 is 17.9 Å². The third-order valence-corrected chi connectivity index (χ3v) is 13.9. The van der Waals surface area contributed by atoms with E-state index in [0.717, 1.165) is 116 Å². The van der Waals surface area contributed by atoms with Gasteiger partial charge in [-0.05, 0) is 96.3 Å². The molecule has 0 aromatic rings. The fourth-order valence-corrected chi connectivity index (χ4v) is 9.09. The topological polar surface area (TPSA) is 78.9 Å². The summed E-state index contributed by atoms with van der Waals surface area (Å²) in [5, 5.41) is 0. The Labute approximate surface area is 465 Å². The lowest BCUT2D eigenvalue weighted by molar-refractivity contribution is -0.167. The van der Waals surface area contributed by atoms with Crippen LogP contribution >= 0.6 is 0 Å². The first kappa shape index (κ1) is 71.6. The van der Waals surface area contributed by atoms with Gasteiger partial charge in [-0.2, -0.15) is 0 Å². The molecule has 0 aromatic heterocycles. The summed E-state index contributed by atoms with van der Waals surface area (Å²) in [6, 6.07) is 0. The zero-order valence-electron chi connectivity index (χ0n) is 49.6. The zero-order valence-corrected chi connectivity index (χ0v) is 49.6. The number of ether oxygens (including phenoxy) is 3. The number of unbranched alkanes of at least 4 members (excludes halogenated alkanes) is 33. The lowest BCUT2D eigenvalue weighted by Crippen LogP contribution is -2.30. The second-order valence-corrected chi connectivity index (χ2v) is 21.3. The smallest absolute Gasteiger partial charge is 0.306 e. The fourth-order valence-electron chi connectivity index (χ4n) is 9.09. The van der Waals surface area contributed by atoms with Gasteiger partial charge in [0.25, 0.3) is 0 Å². The lowest BCUT2D eigenvalue weighted by Gasteiger charge is -2.18. The molecule has 0 amide bonds. The molecule has 1 unspecified atom stereocenters. The highest BCUT2D eigenvalue weighted by Gasteiger charge is 2.19. The number of carbonyl (C=O) groups excluding carboxylic acids is 3. The molecule has 0 aliphatic carbocycles. The minimum absolute atomic E-state index is 0.0820. The molecule has 0 bridgehead atoms. The van der Waals surface area contributed by atoms with Crippen LogP contribution < -0.4 is 0 Å². The lowest BCUT2D eigenvalue weighted by atomic mass is 10.0.